The molecule has 2 aromatic carbocycles. The highest BCUT2D eigenvalue weighted by Crippen LogP contribution is 2.33. The first-order valence-corrected chi connectivity index (χ1v) is 7.27. The molecule has 0 aliphatic heterocycles. The average molecular weight is 250 g/mol. The van der Waals surface area contributed by atoms with Gasteiger partial charge in [-0.15, -0.1) is 0 Å². The summed E-state index contributed by atoms with van der Waals surface area (Å²) in [5.74, 6) is 0. The van der Waals surface area contributed by atoms with Crippen molar-refractivity contribution in [3.8, 4) is 11.1 Å². The van der Waals surface area contributed by atoms with Gasteiger partial charge in [0.25, 0.3) is 0 Å². The van der Waals surface area contributed by atoms with Gasteiger partial charge in [0, 0.05) is 0 Å². The van der Waals surface area contributed by atoms with Crippen LogP contribution in [0.25, 0.3) is 11.1 Å². The molecule has 3 rings (SSSR count). The van der Waals surface area contributed by atoms with Crippen LogP contribution < -0.4 is 0 Å². The van der Waals surface area contributed by atoms with Crippen LogP contribution in [0, 0.1) is 0 Å². The minimum atomic E-state index is 0.233. The quantitative estimate of drug-likeness (QED) is 0.657. The second-order valence-corrected chi connectivity index (χ2v) is 6.62. The van der Waals surface area contributed by atoms with E-state index < -0.39 is 0 Å². The molecule has 19 heavy (non-hydrogen) atoms. The van der Waals surface area contributed by atoms with Crippen LogP contribution >= 0.6 is 0 Å². The van der Waals surface area contributed by atoms with Crippen molar-refractivity contribution in [1.82, 2.24) is 0 Å². The lowest BCUT2D eigenvalue weighted by atomic mass is 9.86. The molecule has 2 aromatic rings. The van der Waals surface area contributed by atoms with Crippen molar-refractivity contribution in [2.45, 2.75) is 45.4 Å². The summed E-state index contributed by atoms with van der Waals surface area (Å²) in [6.07, 6.45) is 3.81. The predicted molar refractivity (Wildman–Crippen MR) is 82.6 cm³/mol. The fourth-order valence-corrected chi connectivity index (χ4v) is 3.04. The molecule has 0 saturated carbocycles. The molecule has 0 bridgehead atoms. The number of hydrogen-bond donors (Lipinski definition) is 0. The Labute approximate surface area is 116 Å². The van der Waals surface area contributed by atoms with Crippen LogP contribution in [0.5, 0.6) is 0 Å². The smallest absolute Gasteiger partial charge is 0.0132 e. The van der Waals surface area contributed by atoms with E-state index in [1.165, 1.54) is 36.0 Å². The Morgan fingerprint density at radius 1 is 0.842 bits per heavy atom. The first-order chi connectivity index (χ1) is 9.05. The summed E-state index contributed by atoms with van der Waals surface area (Å²) < 4.78 is 0. The van der Waals surface area contributed by atoms with E-state index in [1.807, 2.05) is 0 Å². The van der Waals surface area contributed by atoms with Gasteiger partial charge < -0.3 is 0 Å². The first kappa shape index (κ1) is 12.5. The third-order valence-electron chi connectivity index (χ3n) is 4.21. The van der Waals surface area contributed by atoms with Crippen molar-refractivity contribution in [2.24, 2.45) is 0 Å². The highest BCUT2D eigenvalue weighted by molar-refractivity contribution is 5.70. The van der Waals surface area contributed by atoms with Gasteiger partial charge in [-0.25, -0.2) is 0 Å². The van der Waals surface area contributed by atoms with Gasteiger partial charge in [-0.3, -0.25) is 0 Å². The number of aryl methyl sites for hydroxylation is 1. The maximum absolute atomic E-state index is 2.29. The van der Waals surface area contributed by atoms with Crippen molar-refractivity contribution in [2.75, 3.05) is 0 Å². The molecule has 0 N–H and O–H groups in total. The number of rotatable bonds is 1. The molecule has 0 heteroatoms. The average Bonchev–Trinajstić information content (AvgIpc) is 2.86. The summed E-state index contributed by atoms with van der Waals surface area (Å²) in [5, 5.41) is 0. The number of hydrogen-bond acceptors (Lipinski definition) is 0. The lowest BCUT2D eigenvalue weighted by Crippen LogP contribution is -2.10. The van der Waals surface area contributed by atoms with E-state index in [1.54, 1.807) is 11.1 Å². The van der Waals surface area contributed by atoms with E-state index >= 15 is 0 Å². The third kappa shape index (κ3) is 2.32. The van der Waals surface area contributed by atoms with Crippen LogP contribution in [-0.2, 0) is 18.3 Å². The molecule has 98 valence electrons. The highest BCUT2D eigenvalue weighted by Gasteiger charge is 2.16. The van der Waals surface area contributed by atoms with Crippen LogP contribution in [0.3, 0.4) is 0 Å². The summed E-state index contributed by atoms with van der Waals surface area (Å²) in [6.45, 7) is 6.80. The van der Waals surface area contributed by atoms with Gasteiger partial charge in [-0.05, 0) is 52.5 Å². The minimum Gasteiger partial charge on any atom is -0.0614 e. The Morgan fingerprint density at radius 2 is 1.58 bits per heavy atom. The molecule has 0 aromatic heterocycles. The Balaban J connectivity index is 2.02. The zero-order valence-corrected chi connectivity index (χ0v) is 12.2. The van der Waals surface area contributed by atoms with Gasteiger partial charge in [-0.2, -0.15) is 0 Å². The molecule has 0 spiro atoms. The molecule has 0 fully saturated rings. The van der Waals surface area contributed by atoms with Crippen LogP contribution in [0.4, 0.5) is 0 Å². The topological polar surface area (TPSA) is 0 Å². The largest absolute Gasteiger partial charge is 0.0614 e. The van der Waals surface area contributed by atoms with Crippen molar-refractivity contribution >= 4 is 0 Å². The second kappa shape index (κ2) is 4.52. The molecular formula is C19H22. The van der Waals surface area contributed by atoms with Gasteiger partial charge >= 0.3 is 0 Å². The lowest BCUT2D eigenvalue weighted by molar-refractivity contribution is 0.590. The molecule has 0 unspecified atom stereocenters. The van der Waals surface area contributed by atoms with Crippen molar-refractivity contribution in [3.63, 3.8) is 0 Å². The number of benzene rings is 2. The monoisotopic (exact) mass is 250 g/mol. The molecular weight excluding hydrogens is 228 g/mol. The Hall–Kier alpha value is -1.56. The first-order valence-electron chi connectivity index (χ1n) is 7.27. The summed E-state index contributed by atoms with van der Waals surface area (Å²) in [7, 11) is 0. The van der Waals surface area contributed by atoms with Crippen molar-refractivity contribution in [1.29, 1.82) is 0 Å². The summed E-state index contributed by atoms with van der Waals surface area (Å²) >= 11 is 0. The maximum atomic E-state index is 2.29. The summed E-state index contributed by atoms with van der Waals surface area (Å²) in [5.41, 5.74) is 7.58. The van der Waals surface area contributed by atoms with Crippen LogP contribution in [0.2, 0.25) is 0 Å². The van der Waals surface area contributed by atoms with E-state index in [0.717, 1.165) is 0 Å². The molecule has 0 nitrogen and oxygen atoms in total. The fourth-order valence-electron chi connectivity index (χ4n) is 3.04. The predicted octanol–water partition coefficient (Wildman–Crippen LogP) is 5.14. The Kier molecular flexibility index (Phi) is 2.97. The van der Waals surface area contributed by atoms with Crippen LogP contribution in [0.1, 0.15) is 43.9 Å². The molecule has 0 radical (unpaired) electrons. The molecule has 0 amide bonds. The van der Waals surface area contributed by atoms with Gasteiger partial charge in [-0.1, -0.05) is 63.2 Å². The lowest BCUT2D eigenvalue weighted by Gasteiger charge is -2.19. The molecule has 0 atom stereocenters. The standard InChI is InChI=1S/C19H22/c1-19(2,3)16-12-10-15(11-13-16)18-9-5-7-14-6-4-8-17(14)18/h5,7,9-13H,4,6,8H2,1-3H3. The molecule has 1 aliphatic rings. The van der Waals surface area contributed by atoms with E-state index in [0.29, 0.717) is 0 Å². The van der Waals surface area contributed by atoms with Crippen LogP contribution in [0.15, 0.2) is 42.5 Å². The molecule has 0 saturated heterocycles. The third-order valence-corrected chi connectivity index (χ3v) is 4.21. The summed E-state index contributed by atoms with van der Waals surface area (Å²) in [6, 6.07) is 15.9. The van der Waals surface area contributed by atoms with Crippen molar-refractivity contribution in [3.05, 3.63) is 59.2 Å². The maximum Gasteiger partial charge on any atom is -0.0132 e. The van der Waals surface area contributed by atoms with Gasteiger partial charge in [0.2, 0.25) is 0 Å². The van der Waals surface area contributed by atoms with Crippen LogP contribution in [-0.4, -0.2) is 0 Å². The SMILES string of the molecule is CC(C)(C)c1ccc(-c2cccc3c2CCC3)cc1. The van der Waals surface area contributed by atoms with Gasteiger partial charge in [0.05, 0.1) is 0 Å². The fraction of sp³-hybridized carbons (Fsp3) is 0.368. The van der Waals surface area contributed by atoms with E-state index in [4.69, 9.17) is 0 Å². The summed E-state index contributed by atoms with van der Waals surface area (Å²) in [4.78, 5) is 0. The van der Waals surface area contributed by atoms with Gasteiger partial charge in [0.1, 0.15) is 0 Å². The Morgan fingerprint density at radius 3 is 2.26 bits per heavy atom. The zero-order chi connectivity index (χ0) is 13.5. The van der Waals surface area contributed by atoms with E-state index in [2.05, 4.69) is 63.2 Å². The van der Waals surface area contributed by atoms with Gasteiger partial charge in [0.15, 0.2) is 0 Å². The molecule has 1 aliphatic carbocycles. The van der Waals surface area contributed by atoms with E-state index in [9.17, 15) is 0 Å². The highest BCUT2D eigenvalue weighted by atomic mass is 14.2. The number of fused-ring (bicyclic) bond motifs is 1. The minimum absolute atomic E-state index is 0.233. The zero-order valence-electron chi connectivity index (χ0n) is 12.2. The Bertz CT molecular complexity index is 582. The van der Waals surface area contributed by atoms with Crippen molar-refractivity contribution < 1.29 is 0 Å². The normalized spacial score (nSPS) is 14.5. The van der Waals surface area contributed by atoms with E-state index in [-0.39, 0.29) is 5.41 Å². The second-order valence-electron chi connectivity index (χ2n) is 6.62. The molecule has 0 heterocycles.